The maximum atomic E-state index is 13.9. The summed E-state index contributed by atoms with van der Waals surface area (Å²) in [5.74, 6) is -1.37. The van der Waals surface area contributed by atoms with Crippen LogP contribution >= 0.6 is 11.3 Å². The smallest absolute Gasteiger partial charge is 0.421 e. The van der Waals surface area contributed by atoms with E-state index < -0.39 is 41.0 Å². The maximum absolute atomic E-state index is 13.9. The van der Waals surface area contributed by atoms with Crippen LogP contribution in [0.3, 0.4) is 0 Å². The highest BCUT2D eigenvalue weighted by molar-refractivity contribution is 7.15. The third-order valence-electron chi connectivity index (χ3n) is 4.71. The van der Waals surface area contributed by atoms with E-state index in [1.807, 2.05) is 0 Å². The van der Waals surface area contributed by atoms with Crippen molar-refractivity contribution in [2.75, 3.05) is 11.9 Å². The molecule has 3 heterocycles. The van der Waals surface area contributed by atoms with Gasteiger partial charge in [-0.25, -0.2) is 18.2 Å². The van der Waals surface area contributed by atoms with Crippen LogP contribution in [0.25, 0.3) is 0 Å². The molecule has 0 amide bonds. The first-order valence-corrected chi connectivity index (χ1v) is 9.95. The van der Waals surface area contributed by atoms with Crippen molar-refractivity contribution in [3.05, 3.63) is 52.4 Å². The predicted molar refractivity (Wildman–Crippen MR) is 102 cm³/mol. The lowest BCUT2D eigenvalue weighted by molar-refractivity contribution is -0.333. The number of alkyl halides is 5. The van der Waals surface area contributed by atoms with E-state index in [-0.39, 0.29) is 29.1 Å². The van der Waals surface area contributed by atoms with Crippen molar-refractivity contribution >= 4 is 22.2 Å². The van der Waals surface area contributed by atoms with Gasteiger partial charge in [0.25, 0.3) is 6.43 Å². The molecular formula is C19H14F6N4O2S. The summed E-state index contributed by atoms with van der Waals surface area (Å²) in [7, 11) is 0. The summed E-state index contributed by atoms with van der Waals surface area (Å²) in [4.78, 5) is 4.17. The fourth-order valence-electron chi connectivity index (χ4n) is 3.10. The lowest BCUT2D eigenvalue weighted by atomic mass is 9.85. The van der Waals surface area contributed by atoms with E-state index in [0.717, 1.165) is 12.1 Å². The van der Waals surface area contributed by atoms with Gasteiger partial charge in [0.15, 0.2) is 10.6 Å². The van der Waals surface area contributed by atoms with Gasteiger partial charge in [0.05, 0.1) is 6.61 Å². The molecule has 0 radical (unpaired) electrons. The number of rotatable bonds is 6. The second-order valence-electron chi connectivity index (χ2n) is 6.84. The Balaban J connectivity index is 1.71. The lowest BCUT2D eigenvalue weighted by Gasteiger charge is -2.43. The van der Waals surface area contributed by atoms with Gasteiger partial charge in [-0.1, -0.05) is 11.3 Å². The van der Waals surface area contributed by atoms with Crippen molar-refractivity contribution in [3.63, 3.8) is 0 Å². The minimum Gasteiger partial charge on any atom is -0.437 e. The Bertz CT molecular complexity index is 1130. The van der Waals surface area contributed by atoms with Crippen molar-refractivity contribution in [2.24, 2.45) is 0 Å². The molecule has 0 aliphatic carbocycles. The van der Waals surface area contributed by atoms with Crippen LogP contribution in [0, 0.1) is 12.7 Å². The minimum absolute atomic E-state index is 0.00391. The molecule has 1 aromatic carbocycles. The number of halogens is 6. The number of nitrogens with zero attached hydrogens (tertiary/aromatic N) is 3. The third kappa shape index (κ3) is 4.09. The van der Waals surface area contributed by atoms with Crippen molar-refractivity contribution in [2.45, 2.75) is 31.5 Å². The normalized spacial score (nSPS) is 18.5. The average Bonchev–Trinajstić information content (AvgIpc) is 3.13. The first-order chi connectivity index (χ1) is 15.1. The topological polar surface area (TPSA) is 69.2 Å². The zero-order valence-electron chi connectivity index (χ0n) is 16.2. The van der Waals surface area contributed by atoms with Crippen LogP contribution in [0.4, 0.5) is 37.2 Å². The van der Waals surface area contributed by atoms with Crippen LogP contribution in [0.15, 0.2) is 30.3 Å². The van der Waals surface area contributed by atoms with E-state index in [4.69, 9.17) is 9.47 Å². The fraction of sp³-hybridized carbons (Fsp3) is 0.316. The SMILES string of the molecule is Cc1ccc(Nc2nnc(C(F)F)s2)c(Oc2ccc(F)cc2C2(C(F)(F)F)CCO2)n1. The van der Waals surface area contributed by atoms with E-state index in [1.165, 1.54) is 6.07 Å². The zero-order chi connectivity index (χ0) is 23.1. The summed E-state index contributed by atoms with van der Waals surface area (Å²) in [5.41, 5.74) is -2.63. The summed E-state index contributed by atoms with van der Waals surface area (Å²) < 4.78 is 91.3. The molecule has 0 bridgehead atoms. The van der Waals surface area contributed by atoms with Gasteiger partial charge >= 0.3 is 6.18 Å². The number of ether oxygens (including phenoxy) is 2. The zero-order valence-corrected chi connectivity index (χ0v) is 17.0. The quantitative estimate of drug-likeness (QED) is 0.438. The van der Waals surface area contributed by atoms with Gasteiger partial charge in [-0.3, -0.25) is 0 Å². The van der Waals surface area contributed by atoms with Crippen LogP contribution in [-0.4, -0.2) is 28.0 Å². The van der Waals surface area contributed by atoms with Crippen LogP contribution in [-0.2, 0) is 10.3 Å². The van der Waals surface area contributed by atoms with Crippen molar-refractivity contribution in [1.29, 1.82) is 0 Å². The molecule has 0 saturated carbocycles. The summed E-state index contributed by atoms with van der Waals surface area (Å²) in [6.45, 7) is 1.47. The molecule has 170 valence electrons. The van der Waals surface area contributed by atoms with E-state index >= 15 is 0 Å². The number of aromatic nitrogens is 3. The van der Waals surface area contributed by atoms with Gasteiger partial charge in [0.1, 0.15) is 17.3 Å². The second kappa shape index (κ2) is 8.20. The van der Waals surface area contributed by atoms with Crippen LogP contribution < -0.4 is 10.1 Å². The second-order valence-corrected chi connectivity index (χ2v) is 7.85. The minimum atomic E-state index is -4.81. The number of aryl methyl sites for hydroxylation is 1. The van der Waals surface area contributed by atoms with E-state index in [1.54, 1.807) is 13.0 Å². The first-order valence-electron chi connectivity index (χ1n) is 9.14. The Hall–Kier alpha value is -2.93. The average molecular weight is 476 g/mol. The van der Waals surface area contributed by atoms with E-state index in [0.29, 0.717) is 23.1 Å². The number of nitrogens with one attached hydrogen (secondary N) is 1. The highest BCUT2D eigenvalue weighted by atomic mass is 32.1. The predicted octanol–water partition coefficient (Wildman–Crippen LogP) is 6.03. The first kappa shape index (κ1) is 22.3. The number of anilines is 2. The molecule has 4 rings (SSSR count). The molecule has 1 atom stereocenters. The third-order valence-corrected chi connectivity index (χ3v) is 5.56. The van der Waals surface area contributed by atoms with Crippen molar-refractivity contribution in [1.82, 2.24) is 15.2 Å². The summed E-state index contributed by atoms with van der Waals surface area (Å²) >= 11 is 0.595. The van der Waals surface area contributed by atoms with Crippen LogP contribution in [0.1, 0.15) is 29.1 Å². The molecule has 1 aliphatic rings. The van der Waals surface area contributed by atoms with Crippen molar-refractivity contribution in [3.8, 4) is 11.6 Å². The monoisotopic (exact) mass is 476 g/mol. The molecule has 32 heavy (non-hydrogen) atoms. The molecular weight excluding hydrogens is 462 g/mol. The Morgan fingerprint density at radius 3 is 2.53 bits per heavy atom. The largest absolute Gasteiger partial charge is 0.437 e. The molecule has 2 aromatic heterocycles. The molecule has 3 aromatic rings. The Morgan fingerprint density at radius 1 is 1.19 bits per heavy atom. The number of hydrogen-bond donors (Lipinski definition) is 1. The van der Waals surface area contributed by atoms with Crippen LogP contribution in [0.2, 0.25) is 0 Å². The van der Waals surface area contributed by atoms with Gasteiger partial charge in [-0.2, -0.15) is 13.2 Å². The van der Waals surface area contributed by atoms with Gasteiger partial charge in [0, 0.05) is 17.7 Å². The Labute approximate surface area is 181 Å². The fourth-order valence-corrected chi connectivity index (χ4v) is 3.71. The molecule has 13 heteroatoms. The molecule has 1 aliphatic heterocycles. The van der Waals surface area contributed by atoms with Gasteiger partial charge in [-0.15, -0.1) is 10.2 Å². The number of pyridine rings is 1. The molecule has 0 spiro atoms. The Morgan fingerprint density at radius 2 is 1.94 bits per heavy atom. The van der Waals surface area contributed by atoms with E-state index in [2.05, 4.69) is 20.5 Å². The van der Waals surface area contributed by atoms with Crippen molar-refractivity contribution < 1.29 is 35.8 Å². The number of hydrogen-bond acceptors (Lipinski definition) is 7. The maximum Gasteiger partial charge on any atom is 0.421 e. The summed E-state index contributed by atoms with van der Waals surface area (Å²) in [5, 5.41) is 9.17. The van der Waals surface area contributed by atoms with Gasteiger partial charge in [0.2, 0.25) is 11.0 Å². The molecule has 1 saturated heterocycles. The Kier molecular flexibility index (Phi) is 5.71. The standard InChI is InChI=1S/C19H14F6N4O2S/c1-9-2-4-12(27-17-29-28-16(32-17)14(21)22)15(26-9)31-13-5-3-10(20)8-11(13)18(6-7-30-18)19(23,24)25/h2-5,8,14H,6-7H2,1H3,(H,27,29). The summed E-state index contributed by atoms with van der Waals surface area (Å²) in [6, 6.07) is 5.77. The van der Waals surface area contributed by atoms with E-state index in [9.17, 15) is 26.3 Å². The lowest BCUT2D eigenvalue weighted by Crippen LogP contribution is -2.52. The summed E-state index contributed by atoms with van der Waals surface area (Å²) in [6.07, 6.45) is -8.02. The van der Waals surface area contributed by atoms with Gasteiger partial charge in [-0.05, 0) is 37.3 Å². The molecule has 1 unspecified atom stereocenters. The molecule has 1 N–H and O–H groups in total. The molecule has 1 fully saturated rings. The highest BCUT2D eigenvalue weighted by Crippen LogP contribution is 2.53. The van der Waals surface area contributed by atoms with Crippen LogP contribution in [0.5, 0.6) is 11.6 Å². The number of benzene rings is 1. The highest BCUT2D eigenvalue weighted by Gasteiger charge is 2.62. The molecule has 6 nitrogen and oxygen atoms in total. The van der Waals surface area contributed by atoms with Gasteiger partial charge < -0.3 is 14.8 Å².